The van der Waals surface area contributed by atoms with E-state index in [1.54, 1.807) is 0 Å². The van der Waals surface area contributed by atoms with Gasteiger partial charge in [-0.3, -0.25) is 14.4 Å². The van der Waals surface area contributed by atoms with Gasteiger partial charge in [0.15, 0.2) is 0 Å². The number of ether oxygens (including phenoxy) is 1. The van der Waals surface area contributed by atoms with E-state index in [1.165, 1.54) is 238 Å². The molecule has 0 aliphatic rings. The van der Waals surface area contributed by atoms with Crippen LogP contribution < -0.4 is 0 Å². The zero-order valence-electron chi connectivity index (χ0n) is 50.8. The van der Waals surface area contributed by atoms with Crippen molar-refractivity contribution in [1.29, 1.82) is 0 Å². The van der Waals surface area contributed by atoms with E-state index in [9.17, 15) is 14.4 Å². The van der Waals surface area contributed by atoms with Crippen molar-refractivity contribution in [2.24, 2.45) is 5.92 Å². The molecule has 0 N–H and O–H groups in total. The average Bonchev–Trinajstić information content (AvgIpc) is 3.38. The maximum atomic E-state index is 14.0. The summed E-state index contributed by atoms with van der Waals surface area (Å²) in [6, 6.07) is 0.326. The average molecular weight is 1030 g/mol. The quantitative estimate of drug-likeness (QED) is 0.0448. The van der Waals surface area contributed by atoms with Gasteiger partial charge in [0.2, 0.25) is 11.8 Å². The molecule has 0 aromatic heterocycles. The Morgan fingerprint density at radius 3 is 1.11 bits per heavy atom. The Balaban J connectivity index is 5.17. The van der Waals surface area contributed by atoms with Crippen molar-refractivity contribution in [3.8, 4) is 0 Å². The van der Waals surface area contributed by atoms with Crippen LogP contribution in [0.25, 0.3) is 0 Å². The minimum absolute atomic E-state index is 0.000895. The Morgan fingerprint density at radius 1 is 0.329 bits per heavy atom. The lowest BCUT2D eigenvalue weighted by atomic mass is 9.96. The number of carbonyl (C=O) groups excluding carboxylic acids is 3. The number of hydrogen-bond acceptors (Lipinski definition) is 5. The Hall–Kier alpha value is -1.63. The second kappa shape index (κ2) is 56.6. The third-order valence-corrected chi connectivity index (χ3v) is 16.0. The van der Waals surface area contributed by atoms with Gasteiger partial charge in [0, 0.05) is 51.5 Å². The highest BCUT2D eigenvalue weighted by molar-refractivity contribution is 5.77. The largest absolute Gasteiger partial charge is 0.465 e. The van der Waals surface area contributed by atoms with Crippen molar-refractivity contribution in [2.45, 2.75) is 355 Å². The summed E-state index contributed by atoms with van der Waals surface area (Å²) in [5, 5.41) is 0. The van der Waals surface area contributed by atoms with Crippen LogP contribution in [-0.4, -0.2) is 85.4 Å². The van der Waals surface area contributed by atoms with Gasteiger partial charge in [-0.1, -0.05) is 272 Å². The van der Waals surface area contributed by atoms with E-state index < -0.39 is 0 Å². The van der Waals surface area contributed by atoms with E-state index >= 15 is 0 Å². The van der Waals surface area contributed by atoms with Crippen LogP contribution >= 0.6 is 0 Å². The lowest BCUT2D eigenvalue weighted by Gasteiger charge is -2.33. The van der Waals surface area contributed by atoms with Crippen LogP contribution in [0.15, 0.2) is 0 Å². The molecule has 73 heavy (non-hydrogen) atoms. The fourth-order valence-electron chi connectivity index (χ4n) is 10.9. The van der Waals surface area contributed by atoms with Crippen LogP contribution in [0.5, 0.6) is 0 Å². The number of unbranched alkanes of at least 4 members (excludes halogenated alkanes) is 35. The zero-order valence-corrected chi connectivity index (χ0v) is 50.8. The molecule has 0 aliphatic carbocycles. The maximum Gasteiger partial charge on any atom is 0.305 e. The van der Waals surface area contributed by atoms with Gasteiger partial charge in [-0.15, -0.1) is 0 Å². The number of esters is 1. The molecule has 0 fully saturated rings. The Morgan fingerprint density at radius 2 is 0.671 bits per heavy atom. The molecule has 0 aliphatic heterocycles. The van der Waals surface area contributed by atoms with E-state index in [-0.39, 0.29) is 5.97 Å². The highest BCUT2D eigenvalue weighted by Gasteiger charge is 2.23. The summed E-state index contributed by atoms with van der Waals surface area (Å²) in [4.78, 5) is 47.0. The third kappa shape index (κ3) is 48.5. The number of carbonyl (C=O) groups is 3. The topological polar surface area (TPSA) is 70.2 Å². The number of hydrogen-bond donors (Lipinski definition) is 0. The fourth-order valence-corrected chi connectivity index (χ4v) is 10.9. The summed E-state index contributed by atoms with van der Waals surface area (Å²) < 4.78 is 5.81. The molecule has 2 atom stereocenters. The SMILES string of the molecule is CCCCCCCCCCN(CCCCCCCCCC)C(=O)CCCCCCCCC(CCCCCCCCC(=O)OCC(CCCC)CCCCCC)N(CCCCCCCCCC)C(=O)CCN(C)C. The first kappa shape index (κ1) is 71.4. The van der Waals surface area contributed by atoms with Gasteiger partial charge < -0.3 is 19.4 Å². The first-order chi connectivity index (χ1) is 35.7. The summed E-state index contributed by atoms with van der Waals surface area (Å²) in [6.07, 6.45) is 59.0. The van der Waals surface area contributed by atoms with Crippen molar-refractivity contribution >= 4 is 17.8 Å². The fraction of sp³-hybridized carbons (Fsp3) is 0.955. The van der Waals surface area contributed by atoms with E-state index in [0.29, 0.717) is 49.6 Å². The summed E-state index contributed by atoms with van der Waals surface area (Å²) in [7, 11) is 4.16. The monoisotopic (exact) mass is 1030 g/mol. The predicted molar refractivity (Wildman–Crippen MR) is 320 cm³/mol. The van der Waals surface area contributed by atoms with Crippen LogP contribution in [-0.2, 0) is 19.1 Å². The van der Waals surface area contributed by atoms with Crippen LogP contribution in [0.1, 0.15) is 349 Å². The van der Waals surface area contributed by atoms with Crippen LogP contribution in [0.3, 0.4) is 0 Å². The Labute approximate surface area is 457 Å². The molecule has 0 heterocycles. The molecule has 0 aromatic rings. The summed E-state index contributed by atoms with van der Waals surface area (Å²) in [6.45, 7) is 15.6. The second-order valence-electron chi connectivity index (χ2n) is 23.5. The predicted octanol–water partition coefficient (Wildman–Crippen LogP) is 19.9. The minimum Gasteiger partial charge on any atom is -0.465 e. The van der Waals surface area contributed by atoms with Gasteiger partial charge in [0.25, 0.3) is 0 Å². The van der Waals surface area contributed by atoms with E-state index in [0.717, 1.165) is 84.0 Å². The van der Waals surface area contributed by atoms with Crippen molar-refractivity contribution in [2.75, 3.05) is 46.9 Å². The summed E-state index contributed by atoms with van der Waals surface area (Å²) in [5.74, 6) is 1.28. The number of nitrogens with zero attached hydrogens (tertiary/aromatic N) is 3. The molecule has 0 saturated carbocycles. The summed E-state index contributed by atoms with van der Waals surface area (Å²) >= 11 is 0. The first-order valence-electron chi connectivity index (χ1n) is 33.1. The van der Waals surface area contributed by atoms with Crippen LogP contribution in [0.4, 0.5) is 0 Å². The number of amides is 2. The van der Waals surface area contributed by atoms with Crippen molar-refractivity contribution in [3.05, 3.63) is 0 Å². The highest BCUT2D eigenvalue weighted by atomic mass is 16.5. The molecule has 0 saturated heterocycles. The standard InChI is InChI=1S/C66H131N3O4/c1-8-13-18-22-25-32-39-47-57-68(58-48-40-33-26-23-19-14-9-2)64(70)54-45-37-30-28-35-43-52-63(69(65(71)56-60-67(6)7)59-49-41-34-27-24-20-15-10-3)53-44-36-29-31-38-46-55-66(72)73-61-62(50-17-12-5)51-42-21-16-11-4/h62-63H,8-61H2,1-7H3. The Kier molecular flexibility index (Phi) is 55.3. The van der Waals surface area contributed by atoms with E-state index in [2.05, 4.69) is 63.4 Å². The zero-order chi connectivity index (χ0) is 53.5. The lowest BCUT2D eigenvalue weighted by molar-refractivity contribution is -0.145. The van der Waals surface area contributed by atoms with Gasteiger partial charge in [0.05, 0.1) is 6.61 Å². The molecular weight excluding hydrogens is 899 g/mol. The van der Waals surface area contributed by atoms with E-state index in [4.69, 9.17) is 4.74 Å². The Bertz CT molecular complexity index is 1140. The summed E-state index contributed by atoms with van der Waals surface area (Å²) in [5.41, 5.74) is 0. The van der Waals surface area contributed by atoms with Gasteiger partial charge >= 0.3 is 5.97 Å². The third-order valence-electron chi connectivity index (χ3n) is 16.0. The van der Waals surface area contributed by atoms with Gasteiger partial charge in [0.1, 0.15) is 0 Å². The highest BCUT2D eigenvalue weighted by Crippen LogP contribution is 2.23. The molecule has 0 radical (unpaired) electrons. The molecular formula is C66H131N3O4. The smallest absolute Gasteiger partial charge is 0.305 e. The molecule has 0 rings (SSSR count). The molecule has 0 aromatic carbocycles. The van der Waals surface area contributed by atoms with Gasteiger partial charge in [-0.25, -0.2) is 0 Å². The van der Waals surface area contributed by atoms with Crippen LogP contribution in [0, 0.1) is 5.92 Å². The van der Waals surface area contributed by atoms with Gasteiger partial charge in [-0.2, -0.15) is 0 Å². The molecule has 2 amide bonds. The van der Waals surface area contributed by atoms with E-state index in [1.807, 2.05) is 0 Å². The second-order valence-corrected chi connectivity index (χ2v) is 23.5. The molecule has 7 nitrogen and oxygen atoms in total. The first-order valence-corrected chi connectivity index (χ1v) is 33.1. The molecule has 0 bridgehead atoms. The van der Waals surface area contributed by atoms with Gasteiger partial charge in [-0.05, 0) is 77.8 Å². The van der Waals surface area contributed by atoms with Crippen LogP contribution in [0.2, 0.25) is 0 Å². The lowest BCUT2D eigenvalue weighted by Crippen LogP contribution is -2.42. The molecule has 2 unspecified atom stereocenters. The van der Waals surface area contributed by atoms with Crippen molar-refractivity contribution in [3.63, 3.8) is 0 Å². The number of rotatable bonds is 59. The molecule has 7 heteroatoms. The van der Waals surface area contributed by atoms with Crippen molar-refractivity contribution < 1.29 is 19.1 Å². The van der Waals surface area contributed by atoms with Crippen molar-refractivity contribution in [1.82, 2.24) is 14.7 Å². The normalized spacial score (nSPS) is 12.4. The molecule has 0 spiro atoms. The minimum atomic E-state index is -0.000895. The maximum absolute atomic E-state index is 14.0. The molecule has 434 valence electrons.